The van der Waals surface area contributed by atoms with Crippen molar-refractivity contribution in [3.05, 3.63) is 158 Å². The number of hydrogen-bond donors (Lipinski definition) is 0. The molecule has 6 heteroatoms. The van der Waals surface area contributed by atoms with Crippen LogP contribution in [0.2, 0.25) is 0 Å². The number of rotatable bonds is 5. The van der Waals surface area contributed by atoms with Crippen LogP contribution in [-0.2, 0) is 0 Å². The van der Waals surface area contributed by atoms with E-state index in [9.17, 15) is 0 Å². The Balaban J connectivity index is 1.15. The fourth-order valence-corrected chi connectivity index (χ4v) is 7.82. The van der Waals surface area contributed by atoms with Crippen molar-refractivity contribution >= 4 is 53.4 Å². The predicted octanol–water partition coefficient (Wildman–Crippen LogP) is 11.9. The second kappa shape index (κ2) is 11.6. The fourth-order valence-electron chi connectivity index (χ4n) is 6.73. The van der Waals surface area contributed by atoms with Gasteiger partial charge in [0.15, 0.2) is 23.1 Å². The minimum Gasteiger partial charge on any atom is -0.435 e. The molecule has 234 valence electrons. The summed E-state index contributed by atoms with van der Waals surface area (Å²) < 4.78 is 9.08. The van der Waals surface area contributed by atoms with Crippen LogP contribution in [0.4, 0.5) is 0 Å². The quantitative estimate of drug-likeness (QED) is 0.184. The molecule has 0 amide bonds. The lowest BCUT2D eigenvalue weighted by Crippen LogP contribution is -2.00. The van der Waals surface area contributed by atoms with Crippen LogP contribution in [0.3, 0.4) is 0 Å². The van der Waals surface area contributed by atoms with Gasteiger partial charge >= 0.3 is 0 Å². The summed E-state index contributed by atoms with van der Waals surface area (Å²) in [5.41, 5.74) is 7.35. The van der Waals surface area contributed by atoms with E-state index in [1.807, 2.05) is 84.1 Å². The predicted molar refractivity (Wildman–Crippen MR) is 205 cm³/mol. The van der Waals surface area contributed by atoms with E-state index >= 15 is 0 Å². The van der Waals surface area contributed by atoms with E-state index in [0.717, 1.165) is 49.7 Å². The summed E-state index contributed by atoms with van der Waals surface area (Å²) in [5, 5.41) is 4.49. The highest BCUT2D eigenvalue weighted by molar-refractivity contribution is 7.25. The Morgan fingerprint density at radius 2 is 1.08 bits per heavy atom. The molecule has 0 spiro atoms. The Hall–Kier alpha value is -6.50. The monoisotopic (exact) mass is 658 g/mol. The molecule has 3 aromatic heterocycles. The van der Waals surface area contributed by atoms with Crippen molar-refractivity contribution in [1.82, 2.24) is 19.9 Å². The first-order chi connectivity index (χ1) is 24.7. The molecule has 0 radical (unpaired) electrons. The third-order valence-corrected chi connectivity index (χ3v) is 10.3. The number of aromatic nitrogens is 4. The molecular weight excluding hydrogens is 633 g/mol. The van der Waals surface area contributed by atoms with Gasteiger partial charge in [-0.25, -0.2) is 19.9 Å². The van der Waals surface area contributed by atoms with Gasteiger partial charge in [-0.1, -0.05) is 115 Å². The van der Waals surface area contributed by atoms with Crippen LogP contribution in [0.5, 0.6) is 0 Å². The molecule has 0 bridgehead atoms. The first-order valence-electron chi connectivity index (χ1n) is 16.5. The number of benzene rings is 7. The summed E-state index contributed by atoms with van der Waals surface area (Å²) in [6.45, 7) is 0. The smallest absolute Gasteiger partial charge is 0.227 e. The van der Waals surface area contributed by atoms with Crippen molar-refractivity contribution in [2.24, 2.45) is 0 Å². The highest BCUT2D eigenvalue weighted by Gasteiger charge is 2.19. The lowest BCUT2D eigenvalue weighted by Gasteiger charge is -2.11. The molecule has 10 rings (SSSR count). The van der Waals surface area contributed by atoms with Crippen LogP contribution in [0, 0.1) is 0 Å². The topological polar surface area (TPSA) is 64.7 Å². The summed E-state index contributed by atoms with van der Waals surface area (Å²) >= 11 is 1.83. The van der Waals surface area contributed by atoms with Gasteiger partial charge < -0.3 is 4.42 Å². The second-order valence-electron chi connectivity index (χ2n) is 12.3. The number of thiophene rings is 1. The van der Waals surface area contributed by atoms with Gasteiger partial charge in [-0.15, -0.1) is 11.3 Å². The Kier molecular flexibility index (Phi) is 6.60. The molecule has 0 aliphatic rings. The van der Waals surface area contributed by atoms with E-state index in [0.29, 0.717) is 28.9 Å². The van der Waals surface area contributed by atoms with Crippen LogP contribution < -0.4 is 0 Å². The molecule has 0 unspecified atom stereocenters. The van der Waals surface area contributed by atoms with E-state index in [1.54, 1.807) is 0 Å². The van der Waals surface area contributed by atoms with Crippen LogP contribution in [0.25, 0.3) is 98.8 Å². The zero-order valence-corrected chi connectivity index (χ0v) is 27.4. The van der Waals surface area contributed by atoms with Crippen molar-refractivity contribution in [2.45, 2.75) is 0 Å². The van der Waals surface area contributed by atoms with E-state index in [-0.39, 0.29) is 0 Å². The molecule has 10 aromatic rings. The van der Waals surface area contributed by atoms with Crippen LogP contribution >= 0.6 is 11.3 Å². The molecule has 0 aliphatic heterocycles. The standard InChI is InChI=1S/C44H26N4OS/c1-3-11-28(12-4-1)41-46-42(32-17-9-16-30(25-32)31-22-24-38-35(26-31)33-18-7-8-20-37(33)50-38)48-43(47-41)34-19-10-15-27-21-23-36-40(39(27)34)49-44(45-36)29-13-5-2-6-14-29/h1-26H. The molecule has 5 nitrogen and oxygen atoms in total. The van der Waals surface area contributed by atoms with Crippen molar-refractivity contribution < 1.29 is 4.42 Å². The lowest BCUT2D eigenvalue weighted by atomic mass is 10.0. The first kappa shape index (κ1) is 28.5. The zero-order valence-electron chi connectivity index (χ0n) is 26.6. The van der Waals surface area contributed by atoms with Crippen molar-refractivity contribution in [2.75, 3.05) is 0 Å². The van der Waals surface area contributed by atoms with Gasteiger partial charge in [0, 0.05) is 47.8 Å². The molecule has 0 fully saturated rings. The molecule has 0 saturated heterocycles. The van der Waals surface area contributed by atoms with E-state index in [4.69, 9.17) is 24.4 Å². The Labute approximate surface area is 291 Å². The van der Waals surface area contributed by atoms with Crippen LogP contribution in [0.15, 0.2) is 162 Å². The van der Waals surface area contributed by atoms with Gasteiger partial charge in [0.2, 0.25) is 5.89 Å². The SMILES string of the molecule is c1ccc(-c2nc(-c3cccc(-c4ccc5sc6ccccc6c5c4)c3)nc(-c3cccc4ccc5nc(-c6ccccc6)oc5c34)n2)cc1. The summed E-state index contributed by atoms with van der Waals surface area (Å²) in [7, 11) is 0. The summed E-state index contributed by atoms with van der Waals surface area (Å²) in [4.78, 5) is 20.1. The van der Waals surface area contributed by atoms with Gasteiger partial charge in [-0.3, -0.25) is 0 Å². The van der Waals surface area contributed by atoms with Crippen molar-refractivity contribution in [3.63, 3.8) is 0 Å². The highest BCUT2D eigenvalue weighted by Crippen LogP contribution is 2.39. The minimum absolute atomic E-state index is 0.571. The fraction of sp³-hybridized carbons (Fsp3) is 0. The molecule has 0 atom stereocenters. The number of hydrogen-bond acceptors (Lipinski definition) is 6. The highest BCUT2D eigenvalue weighted by atomic mass is 32.1. The molecular formula is C44H26N4OS. The third kappa shape index (κ3) is 4.85. The van der Waals surface area contributed by atoms with Crippen LogP contribution in [-0.4, -0.2) is 19.9 Å². The van der Waals surface area contributed by atoms with Gasteiger partial charge in [0.05, 0.1) is 0 Å². The number of fused-ring (bicyclic) bond motifs is 6. The lowest BCUT2D eigenvalue weighted by molar-refractivity contribution is 0.623. The van der Waals surface area contributed by atoms with Crippen molar-refractivity contribution in [1.29, 1.82) is 0 Å². The largest absolute Gasteiger partial charge is 0.435 e. The maximum absolute atomic E-state index is 6.49. The maximum atomic E-state index is 6.49. The normalized spacial score (nSPS) is 11.6. The van der Waals surface area contributed by atoms with E-state index in [2.05, 4.69) is 84.9 Å². The Morgan fingerprint density at radius 1 is 0.420 bits per heavy atom. The zero-order chi connectivity index (χ0) is 33.0. The van der Waals surface area contributed by atoms with Gasteiger partial charge in [-0.2, -0.15) is 0 Å². The molecule has 7 aromatic carbocycles. The van der Waals surface area contributed by atoms with E-state index in [1.165, 1.54) is 20.2 Å². The minimum atomic E-state index is 0.571. The summed E-state index contributed by atoms with van der Waals surface area (Å²) in [5.74, 6) is 2.36. The van der Waals surface area contributed by atoms with Crippen LogP contribution in [0.1, 0.15) is 0 Å². The molecule has 0 N–H and O–H groups in total. The second-order valence-corrected chi connectivity index (χ2v) is 13.3. The average molecular weight is 659 g/mol. The Bertz CT molecular complexity index is 2880. The molecule has 0 saturated carbocycles. The maximum Gasteiger partial charge on any atom is 0.227 e. The summed E-state index contributed by atoms with van der Waals surface area (Å²) in [6, 6.07) is 54.1. The van der Waals surface area contributed by atoms with E-state index < -0.39 is 0 Å². The molecule has 0 aliphatic carbocycles. The van der Waals surface area contributed by atoms with Gasteiger partial charge in [0.1, 0.15) is 5.52 Å². The summed E-state index contributed by atoms with van der Waals surface area (Å²) in [6.07, 6.45) is 0. The first-order valence-corrected chi connectivity index (χ1v) is 17.3. The van der Waals surface area contributed by atoms with Gasteiger partial charge in [0.25, 0.3) is 0 Å². The number of oxazole rings is 1. The number of nitrogens with zero attached hydrogens (tertiary/aromatic N) is 4. The van der Waals surface area contributed by atoms with Gasteiger partial charge in [-0.05, 0) is 59.0 Å². The molecule has 3 heterocycles. The Morgan fingerprint density at radius 3 is 1.94 bits per heavy atom. The van der Waals surface area contributed by atoms with Crippen molar-refractivity contribution in [3.8, 4) is 56.7 Å². The third-order valence-electron chi connectivity index (χ3n) is 9.16. The average Bonchev–Trinajstić information content (AvgIpc) is 3.80. The molecule has 50 heavy (non-hydrogen) atoms.